The van der Waals surface area contributed by atoms with Gasteiger partial charge in [-0.05, 0) is 44.1 Å². The second-order valence-electron chi connectivity index (χ2n) is 8.58. The fourth-order valence-electron chi connectivity index (χ4n) is 4.50. The second kappa shape index (κ2) is 8.99. The lowest BCUT2D eigenvalue weighted by Crippen LogP contribution is -2.49. The second-order valence-corrected chi connectivity index (χ2v) is 9.66. The van der Waals surface area contributed by atoms with E-state index in [1.807, 2.05) is 16.2 Å². The van der Waals surface area contributed by atoms with Gasteiger partial charge in [0.15, 0.2) is 0 Å². The van der Waals surface area contributed by atoms with Crippen LogP contribution in [0.5, 0.6) is 0 Å². The maximum atomic E-state index is 12.3. The van der Waals surface area contributed by atoms with Crippen LogP contribution in [0.1, 0.15) is 81.5 Å². The van der Waals surface area contributed by atoms with Crippen LogP contribution in [0.4, 0.5) is 5.82 Å². The Bertz CT molecular complexity index is 869. The summed E-state index contributed by atoms with van der Waals surface area (Å²) < 4.78 is 0. The third kappa shape index (κ3) is 4.14. The Hall–Kier alpha value is -1.69. The van der Waals surface area contributed by atoms with Crippen LogP contribution >= 0.6 is 11.3 Å². The van der Waals surface area contributed by atoms with Gasteiger partial charge in [-0.15, -0.1) is 11.3 Å². The van der Waals surface area contributed by atoms with Crippen molar-refractivity contribution in [1.29, 1.82) is 0 Å². The molecule has 1 aliphatic carbocycles. The van der Waals surface area contributed by atoms with Gasteiger partial charge in [0.05, 0.1) is 5.39 Å². The first kappa shape index (κ1) is 20.6. The molecule has 1 atom stereocenters. The third-order valence-electron chi connectivity index (χ3n) is 6.51. The lowest BCUT2D eigenvalue weighted by Gasteiger charge is -2.36. The molecule has 0 bridgehead atoms. The van der Waals surface area contributed by atoms with Crippen molar-refractivity contribution in [2.24, 2.45) is 0 Å². The van der Waals surface area contributed by atoms with Gasteiger partial charge < -0.3 is 9.80 Å². The van der Waals surface area contributed by atoms with Gasteiger partial charge in [0, 0.05) is 43.4 Å². The standard InChI is InChI=1S/C23H34N4OS/c1-4-9-19(28)26-12-14-27(15-13-26)22-20-17-10-7-6-8-11-18(17)29-23(20)25-21(24-22)16(3)5-2/h16H,4-15H2,1-3H3. The van der Waals surface area contributed by atoms with Crippen molar-refractivity contribution in [3.05, 3.63) is 16.3 Å². The Morgan fingerprint density at radius 3 is 2.55 bits per heavy atom. The van der Waals surface area contributed by atoms with Crippen molar-refractivity contribution in [3.63, 3.8) is 0 Å². The molecule has 1 saturated heterocycles. The molecule has 0 saturated carbocycles. The first-order valence-electron chi connectivity index (χ1n) is 11.5. The highest BCUT2D eigenvalue weighted by atomic mass is 32.1. The van der Waals surface area contributed by atoms with E-state index >= 15 is 0 Å². The van der Waals surface area contributed by atoms with Crippen LogP contribution in [0.2, 0.25) is 0 Å². The zero-order valence-corrected chi connectivity index (χ0v) is 19.0. The third-order valence-corrected chi connectivity index (χ3v) is 7.70. The van der Waals surface area contributed by atoms with Gasteiger partial charge in [-0.2, -0.15) is 0 Å². The van der Waals surface area contributed by atoms with Crippen LogP contribution in [0.15, 0.2) is 0 Å². The van der Waals surface area contributed by atoms with Crippen molar-refractivity contribution in [1.82, 2.24) is 14.9 Å². The summed E-state index contributed by atoms with van der Waals surface area (Å²) in [6.45, 7) is 9.85. The number of carbonyl (C=O) groups excluding carboxylic acids is 1. The van der Waals surface area contributed by atoms with Crippen LogP contribution in [0.25, 0.3) is 10.2 Å². The summed E-state index contributed by atoms with van der Waals surface area (Å²) in [5, 5.41) is 1.31. The molecule has 0 aromatic carbocycles. The molecular weight excluding hydrogens is 380 g/mol. The number of aryl methyl sites for hydroxylation is 2. The minimum atomic E-state index is 0.296. The zero-order chi connectivity index (χ0) is 20.4. The molecule has 1 amide bonds. The van der Waals surface area contributed by atoms with E-state index in [-0.39, 0.29) is 0 Å². The van der Waals surface area contributed by atoms with Crippen molar-refractivity contribution in [2.75, 3.05) is 31.1 Å². The lowest BCUT2D eigenvalue weighted by atomic mass is 10.1. The average molecular weight is 415 g/mol. The monoisotopic (exact) mass is 414 g/mol. The van der Waals surface area contributed by atoms with Crippen LogP contribution in [0.3, 0.4) is 0 Å². The van der Waals surface area contributed by atoms with Crippen LogP contribution < -0.4 is 4.90 Å². The highest BCUT2D eigenvalue weighted by molar-refractivity contribution is 7.19. The summed E-state index contributed by atoms with van der Waals surface area (Å²) in [6, 6.07) is 0. The number of piperazine rings is 1. The molecule has 2 aromatic heterocycles. The van der Waals surface area contributed by atoms with Crippen molar-refractivity contribution >= 4 is 33.3 Å². The molecule has 4 rings (SSSR count). The van der Waals surface area contributed by atoms with Gasteiger partial charge in [-0.1, -0.05) is 27.2 Å². The van der Waals surface area contributed by atoms with Crippen molar-refractivity contribution in [2.45, 2.75) is 78.1 Å². The normalized spacial score (nSPS) is 18.6. The summed E-state index contributed by atoms with van der Waals surface area (Å²) in [7, 11) is 0. The minimum absolute atomic E-state index is 0.296. The molecule has 29 heavy (non-hydrogen) atoms. The van der Waals surface area contributed by atoms with Gasteiger partial charge in [0.1, 0.15) is 16.5 Å². The molecule has 0 N–H and O–H groups in total. The molecule has 5 nitrogen and oxygen atoms in total. The first-order chi connectivity index (χ1) is 14.1. The summed E-state index contributed by atoms with van der Waals surface area (Å²) in [5.74, 6) is 2.78. The maximum absolute atomic E-state index is 12.3. The Kier molecular flexibility index (Phi) is 6.38. The van der Waals surface area contributed by atoms with E-state index in [4.69, 9.17) is 9.97 Å². The van der Waals surface area contributed by atoms with E-state index in [1.54, 1.807) is 0 Å². The van der Waals surface area contributed by atoms with Crippen LogP contribution in [-0.4, -0.2) is 47.0 Å². The molecule has 2 aromatic rings. The fraction of sp³-hybridized carbons (Fsp3) is 0.696. The average Bonchev–Trinajstić information content (AvgIpc) is 2.93. The molecule has 158 valence electrons. The Labute approximate surface area is 178 Å². The molecule has 0 spiro atoms. The van der Waals surface area contributed by atoms with E-state index < -0.39 is 0 Å². The lowest BCUT2D eigenvalue weighted by molar-refractivity contribution is -0.131. The Morgan fingerprint density at radius 1 is 1.07 bits per heavy atom. The number of aromatic nitrogens is 2. The molecule has 1 aliphatic heterocycles. The Morgan fingerprint density at radius 2 is 1.83 bits per heavy atom. The smallest absolute Gasteiger partial charge is 0.222 e. The van der Waals surface area contributed by atoms with Crippen molar-refractivity contribution in [3.8, 4) is 0 Å². The van der Waals surface area contributed by atoms with E-state index in [1.165, 1.54) is 46.3 Å². The molecule has 3 heterocycles. The van der Waals surface area contributed by atoms with Crippen LogP contribution in [0, 0.1) is 0 Å². The molecule has 6 heteroatoms. The SMILES string of the molecule is CCCC(=O)N1CCN(c2nc(C(C)CC)nc3sc4c(c23)CCCCC4)CC1. The number of fused-ring (bicyclic) bond motifs is 3. The minimum Gasteiger partial charge on any atom is -0.352 e. The highest BCUT2D eigenvalue weighted by Gasteiger charge is 2.27. The summed E-state index contributed by atoms with van der Waals surface area (Å²) in [6.07, 6.45) is 8.86. The molecule has 0 radical (unpaired) electrons. The largest absolute Gasteiger partial charge is 0.352 e. The van der Waals surface area contributed by atoms with Gasteiger partial charge in [0.25, 0.3) is 0 Å². The predicted octanol–water partition coefficient (Wildman–Crippen LogP) is 4.92. The summed E-state index contributed by atoms with van der Waals surface area (Å²) in [4.78, 5) is 29.6. The number of thiophene rings is 1. The summed E-state index contributed by atoms with van der Waals surface area (Å²) >= 11 is 1.90. The first-order valence-corrected chi connectivity index (χ1v) is 12.3. The topological polar surface area (TPSA) is 49.3 Å². The number of carbonyl (C=O) groups is 1. The molecule has 2 aliphatic rings. The molecule has 1 fully saturated rings. The highest BCUT2D eigenvalue weighted by Crippen LogP contribution is 2.40. The number of anilines is 1. The van der Waals surface area contributed by atoms with E-state index in [9.17, 15) is 4.79 Å². The maximum Gasteiger partial charge on any atom is 0.222 e. The number of nitrogens with zero attached hydrogens (tertiary/aromatic N) is 4. The van der Waals surface area contributed by atoms with E-state index in [2.05, 4.69) is 25.7 Å². The Balaban J connectivity index is 1.70. The predicted molar refractivity (Wildman–Crippen MR) is 121 cm³/mol. The number of hydrogen-bond acceptors (Lipinski definition) is 5. The molecular formula is C23H34N4OS. The van der Waals surface area contributed by atoms with Gasteiger partial charge in [-0.25, -0.2) is 9.97 Å². The van der Waals surface area contributed by atoms with E-state index in [0.717, 1.165) is 57.1 Å². The van der Waals surface area contributed by atoms with Crippen molar-refractivity contribution < 1.29 is 4.79 Å². The van der Waals surface area contributed by atoms with Gasteiger partial charge in [-0.3, -0.25) is 4.79 Å². The van der Waals surface area contributed by atoms with Crippen LogP contribution in [-0.2, 0) is 17.6 Å². The quantitative estimate of drug-likeness (QED) is 0.652. The van der Waals surface area contributed by atoms with E-state index in [0.29, 0.717) is 18.2 Å². The number of hydrogen-bond donors (Lipinski definition) is 0. The number of rotatable bonds is 5. The van der Waals surface area contributed by atoms with Gasteiger partial charge in [0.2, 0.25) is 5.91 Å². The fourth-order valence-corrected chi connectivity index (χ4v) is 5.77. The number of amides is 1. The van der Waals surface area contributed by atoms with Gasteiger partial charge >= 0.3 is 0 Å². The summed E-state index contributed by atoms with van der Waals surface area (Å²) in [5.41, 5.74) is 1.51. The molecule has 1 unspecified atom stereocenters. The zero-order valence-electron chi connectivity index (χ0n) is 18.2.